The van der Waals surface area contributed by atoms with E-state index in [1.807, 2.05) is 30.3 Å². The average Bonchev–Trinajstić information content (AvgIpc) is 2.94. The minimum atomic E-state index is -4.31. The topological polar surface area (TPSA) is 92.3 Å². The zero-order valence-electron chi connectivity index (χ0n) is 23.2. The Labute approximate surface area is 235 Å². The van der Waals surface area contributed by atoms with Crippen molar-refractivity contribution in [3.05, 3.63) is 35.9 Å². The van der Waals surface area contributed by atoms with E-state index in [1.54, 1.807) is 0 Å². The van der Waals surface area contributed by atoms with E-state index < -0.39 is 12.8 Å². The minimum absolute atomic E-state index is 0.0864. The monoisotopic (exact) mass is 586 g/mol. The standard InChI is InChI=1S/C27H45F3O10/c28-27(29,30)25-40-23-21-38-19-17-36-15-13-34-11-9-32-7-6-31-8-10-33-12-14-35-16-18-37-20-22-39-24-26-4-2-1-3-5-26/h1-5H,6-25H2. The molecule has 0 atom stereocenters. The Morgan fingerprint density at radius 1 is 0.375 bits per heavy atom. The maximum atomic E-state index is 11.9. The molecular formula is C27H45F3O10. The van der Waals surface area contributed by atoms with Gasteiger partial charge in [0.25, 0.3) is 0 Å². The summed E-state index contributed by atoms with van der Waals surface area (Å²) in [6.07, 6.45) is -4.31. The van der Waals surface area contributed by atoms with Gasteiger partial charge in [-0.15, -0.1) is 0 Å². The zero-order chi connectivity index (χ0) is 28.8. The fourth-order valence-electron chi connectivity index (χ4n) is 2.83. The van der Waals surface area contributed by atoms with E-state index in [9.17, 15) is 13.2 Å². The second kappa shape index (κ2) is 27.8. The maximum absolute atomic E-state index is 11.9. The summed E-state index contributed by atoms with van der Waals surface area (Å²) in [5, 5.41) is 0. The Balaban J connectivity index is 1.63. The van der Waals surface area contributed by atoms with Crippen LogP contribution in [0.2, 0.25) is 0 Å². The summed E-state index contributed by atoms with van der Waals surface area (Å²) in [6, 6.07) is 10.0. The van der Waals surface area contributed by atoms with Gasteiger partial charge >= 0.3 is 6.18 Å². The highest BCUT2D eigenvalue weighted by molar-refractivity contribution is 5.13. The van der Waals surface area contributed by atoms with E-state index in [-0.39, 0.29) is 19.8 Å². The smallest absolute Gasteiger partial charge is 0.377 e. The second-order valence-corrected chi connectivity index (χ2v) is 8.10. The summed E-state index contributed by atoms with van der Waals surface area (Å²) in [4.78, 5) is 0. The molecule has 0 saturated heterocycles. The van der Waals surface area contributed by atoms with Gasteiger partial charge in [-0.3, -0.25) is 0 Å². The first-order valence-corrected chi connectivity index (χ1v) is 13.5. The summed E-state index contributed by atoms with van der Waals surface area (Å²) in [5.74, 6) is 0. The molecule has 0 spiro atoms. The first-order valence-electron chi connectivity index (χ1n) is 13.5. The fourth-order valence-corrected chi connectivity index (χ4v) is 2.83. The van der Waals surface area contributed by atoms with Crippen LogP contribution in [-0.4, -0.2) is 132 Å². The van der Waals surface area contributed by atoms with Gasteiger partial charge < -0.3 is 47.4 Å². The lowest BCUT2D eigenvalue weighted by molar-refractivity contribution is -0.176. The lowest BCUT2D eigenvalue weighted by Crippen LogP contribution is -2.19. The van der Waals surface area contributed by atoms with Crippen LogP contribution in [0.3, 0.4) is 0 Å². The van der Waals surface area contributed by atoms with Crippen molar-refractivity contribution in [1.82, 2.24) is 0 Å². The zero-order valence-corrected chi connectivity index (χ0v) is 23.2. The summed E-state index contributed by atoms with van der Waals surface area (Å²) in [7, 11) is 0. The molecule has 0 unspecified atom stereocenters. The van der Waals surface area contributed by atoms with Crippen molar-refractivity contribution in [3.63, 3.8) is 0 Å². The molecule has 0 fully saturated rings. The van der Waals surface area contributed by atoms with Crippen LogP contribution >= 0.6 is 0 Å². The predicted octanol–water partition coefficient (Wildman–Crippen LogP) is 2.91. The van der Waals surface area contributed by atoms with Crippen LogP contribution < -0.4 is 0 Å². The first-order chi connectivity index (χ1) is 19.6. The van der Waals surface area contributed by atoms with Crippen LogP contribution in [-0.2, 0) is 54.0 Å². The molecule has 234 valence electrons. The molecule has 0 heterocycles. The van der Waals surface area contributed by atoms with E-state index >= 15 is 0 Å². The lowest BCUT2D eigenvalue weighted by atomic mass is 10.2. The van der Waals surface area contributed by atoms with E-state index in [1.165, 1.54) is 0 Å². The van der Waals surface area contributed by atoms with Gasteiger partial charge in [-0.2, -0.15) is 13.2 Å². The Morgan fingerprint density at radius 3 is 0.950 bits per heavy atom. The van der Waals surface area contributed by atoms with Crippen molar-refractivity contribution in [2.75, 3.05) is 126 Å². The van der Waals surface area contributed by atoms with Crippen LogP contribution in [0.4, 0.5) is 13.2 Å². The van der Waals surface area contributed by atoms with Crippen LogP contribution in [0.25, 0.3) is 0 Å². The first kappa shape index (κ1) is 36.6. The summed E-state index contributed by atoms with van der Waals surface area (Å²) in [5.41, 5.74) is 1.15. The molecule has 1 aromatic carbocycles. The molecule has 13 heteroatoms. The average molecular weight is 587 g/mol. The summed E-state index contributed by atoms with van der Waals surface area (Å²) >= 11 is 0. The molecular weight excluding hydrogens is 541 g/mol. The third-order valence-electron chi connectivity index (χ3n) is 4.73. The highest BCUT2D eigenvalue weighted by atomic mass is 19.4. The fraction of sp³-hybridized carbons (Fsp3) is 0.778. The van der Waals surface area contributed by atoms with E-state index in [2.05, 4.69) is 4.74 Å². The largest absolute Gasteiger partial charge is 0.411 e. The highest BCUT2D eigenvalue weighted by Gasteiger charge is 2.27. The minimum Gasteiger partial charge on any atom is -0.377 e. The third kappa shape index (κ3) is 28.1. The van der Waals surface area contributed by atoms with E-state index in [4.69, 9.17) is 42.6 Å². The number of rotatable bonds is 30. The second-order valence-electron chi connectivity index (χ2n) is 8.10. The SMILES string of the molecule is FC(F)(F)COCCOCCOCCOCCOCCOCCOCCOCCOCCOCc1ccccc1. The Hall–Kier alpha value is -1.39. The Morgan fingerprint density at radius 2 is 0.650 bits per heavy atom. The van der Waals surface area contributed by atoms with Gasteiger partial charge in [0, 0.05) is 0 Å². The van der Waals surface area contributed by atoms with Crippen molar-refractivity contribution in [3.8, 4) is 0 Å². The molecule has 0 radical (unpaired) electrons. The quantitative estimate of drug-likeness (QED) is 0.125. The molecule has 0 amide bonds. The third-order valence-corrected chi connectivity index (χ3v) is 4.73. The number of halogens is 3. The van der Waals surface area contributed by atoms with Crippen molar-refractivity contribution in [1.29, 1.82) is 0 Å². The van der Waals surface area contributed by atoms with E-state index in [0.29, 0.717) is 106 Å². The Bertz CT molecular complexity index is 641. The van der Waals surface area contributed by atoms with Gasteiger partial charge in [-0.25, -0.2) is 0 Å². The van der Waals surface area contributed by atoms with Gasteiger partial charge in [0.05, 0.1) is 126 Å². The number of benzene rings is 1. The predicted molar refractivity (Wildman–Crippen MR) is 140 cm³/mol. The highest BCUT2D eigenvalue weighted by Crippen LogP contribution is 2.14. The van der Waals surface area contributed by atoms with Crippen molar-refractivity contribution >= 4 is 0 Å². The number of hydrogen-bond donors (Lipinski definition) is 0. The molecule has 1 aromatic rings. The number of alkyl halides is 3. The van der Waals surface area contributed by atoms with Gasteiger partial charge in [0.15, 0.2) is 0 Å². The van der Waals surface area contributed by atoms with Crippen LogP contribution in [0.15, 0.2) is 30.3 Å². The van der Waals surface area contributed by atoms with Crippen molar-refractivity contribution < 1.29 is 60.5 Å². The van der Waals surface area contributed by atoms with Gasteiger partial charge in [0.1, 0.15) is 6.61 Å². The van der Waals surface area contributed by atoms with Crippen LogP contribution in [0.1, 0.15) is 5.56 Å². The van der Waals surface area contributed by atoms with Crippen molar-refractivity contribution in [2.24, 2.45) is 0 Å². The molecule has 0 aliphatic heterocycles. The van der Waals surface area contributed by atoms with Crippen LogP contribution in [0.5, 0.6) is 0 Å². The molecule has 0 N–H and O–H groups in total. The molecule has 10 nitrogen and oxygen atoms in total. The number of hydrogen-bond acceptors (Lipinski definition) is 10. The molecule has 1 rings (SSSR count). The normalized spacial score (nSPS) is 11.9. The maximum Gasteiger partial charge on any atom is 0.411 e. The Kier molecular flexibility index (Phi) is 25.4. The molecule has 0 aromatic heterocycles. The molecule has 0 aliphatic rings. The molecule has 40 heavy (non-hydrogen) atoms. The van der Waals surface area contributed by atoms with E-state index in [0.717, 1.165) is 5.56 Å². The molecule has 0 aliphatic carbocycles. The van der Waals surface area contributed by atoms with Gasteiger partial charge in [-0.05, 0) is 5.56 Å². The van der Waals surface area contributed by atoms with Crippen molar-refractivity contribution in [2.45, 2.75) is 12.8 Å². The van der Waals surface area contributed by atoms with Gasteiger partial charge in [-0.1, -0.05) is 30.3 Å². The van der Waals surface area contributed by atoms with Gasteiger partial charge in [0.2, 0.25) is 0 Å². The summed E-state index contributed by atoms with van der Waals surface area (Å²) < 4.78 is 88.5. The molecule has 0 saturated carbocycles. The van der Waals surface area contributed by atoms with Crippen LogP contribution in [0, 0.1) is 0 Å². The lowest BCUT2D eigenvalue weighted by Gasteiger charge is -2.09. The summed E-state index contributed by atoms with van der Waals surface area (Å²) in [6.45, 7) is 6.59. The number of ether oxygens (including phenoxy) is 10. The molecule has 0 bridgehead atoms.